The molecule has 134 valence electrons. The number of aliphatic hydroxyl groups excluding tert-OH is 1. The highest BCUT2D eigenvalue weighted by Gasteiger charge is 2.21. The molecule has 0 radical (unpaired) electrons. The van der Waals surface area contributed by atoms with E-state index >= 15 is 0 Å². The lowest BCUT2D eigenvalue weighted by Crippen LogP contribution is -2.09. The van der Waals surface area contributed by atoms with Gasteiger partial charge in [-0.15, -0.1) is 0 Å². The lowest BCUT2D eigenvalue weighted by atomic mass is 10.0. The van der Waals surface area contributed by atoms with E-state index in [2.05, 4.69) is 19.1 Å². The van der Waals surface area contributed by atoms with Crippen LogP contribution in [0.4, 0.5) is 0 Å². The topological polar surface area (TPSA) is 57.5 Å². The Morgan fingerprint density at radius 1 is 1.09 bits per heavy atom. The van der Waals surface area contributed by atoms with Gasteiger partial charge in [0.2, 0.25) is 0 Å². The Hall–Kier alpha value is -1.09. The first-order valence-electron chi connectivity index (χ1n) is 9.29. The second kappa shape index (κ2) is 15.8. The molecule has 1 aliphatic rings. The average molecular weight is 325 g/mol. The van der Waals surface area contributed by atoms with Gasteiger partial charge in [0.25, 0.3) is 0 Å². The molecule has 0 aromatic heterocycles. The van der Waals surface area contributed by atoms with E-state index in [9.17, 15) is 9.90 Å². The number of carboxylic acids is 1. The highest BCUT2D eigenvalue weighted by atomic mass is 16.4. The summed E-state index contributed by atoms with van der Waals surface area (Å²) in [4.78, 5) is 9.94. The van der Waals surface area contributed by atoms with Crippen LogP contribution >= 0.6 is 0 Å². The van der Waals surface area contributed by atoms with Crippen LogP contribution in [0.3, 0.4) is 0 Å². The van der Waals surface area contributed by atoms with Gasteiger partial charge in [0, 0.05) is 12.3 Å². The number of aliphatic carboxylic acids is 1. The molecule has 0 amide bonds. The molecule has 0 aromatic carbocycles. The molecule has 3 nitrogen and oxygen atoms in total. The van der Waals surface area contributed by atoms with Crippen molar-refractivity contribution in [2.24, 2.45) is 5.92 Å². The van der Waals surface area contributed by atoms with Gasteiger partial charge in [0.05, 0.1) is 6.10 Å². The summed E-state index contributed by atoms with van der Waals surface area (Å²) in [5.41, 5.74) is 0. The first-order valence-corrected chi connectivity index (χ1v) is 9.29. The fraction of sp³-hybridized carbons (Fsp3) is 0.750. The zero-order valence-corrected chi connectivity index (χ0v) is 15.0. The number of carboxylic acid groups (broad SMARTS) is 1. The smallest absolute Gasteiger partial charge is 0.303 e. The third-order valence-corrected chi connectivity index (χ3v) is 4.14. The van der Waals surface area contributed by atoms with Crippen molar-refractivity contribution in [2.45, 2.75) is 90.6 Å². The van der Waals surface area contributed by atoms with Gasteiger partial charge >= 0.3 is 5.97 Å². The second-order valence-corrected chi connectivity index (χ2v) is 6.29. The highest BCUT2D eigenvalue weighted by molar-refractivity contribution is 5.66. The summed E-state index contributed by atoms with van der Waals surface area (Å²) < 4.78 is 0. The maximum Gasteiger partial charge on any atom is 0.303 e. The van der Waals surface area contributed by atoms with Crippen molar-refractivity contribution in [2.75, 3.05) is 0 Å². The summed E-state index contributed by atoms with van der Waals surface area (Å²) in [6, 6.07) is 0. The summed E-state index contributed by atoms with van der Waals surface area (Å²) in [5, 5.41) is 17.8. The van der Waals surface area contributed by atoms with Crippen molar-refractivity contribution in [1.82, 2.24) is 0 Å². The molecule has 1 fully saturated rings. The van der Waals surface area contributed by atoms with E-state index in [1.165, 1.54) is 44.9 Å². The van der Waals surface area contributed by atoms with Crippen molar-refractivity contribution < 1.29 is 15.0 Å². The highest BCUT2D eigenvalue weighted by Crippen LogP contribution is 2.26. The van der Waals surface area contributed by atoms with Crippen LogP contribution in [-0.4, -0.2) is 22.3 Å². The van der Waals surface area contributed by atoms with Crippen molar-refractivity contribution >= 4 is 5.97 Å². The Morgan fingerprint density at radius 3 is 2.39 bits per heavy atom. The molecule has 0 spiro atoms. The van der Waals surface area contributed by atoms with Crippen LogP contribution in [0.2, 0.25) is 0 Å². The van der Waals surface area contributed by atoms with Crippen molar-refractivity contribution in [3.63, 3.8) is 0 Å². The zero-order chi connectivity index (χ0) is 17.3. The molecular formula is C20H36O3. The van der Waals surface area contributed by atoms with E-state index < -0.39 is 5.97 Å². The first kappa shape index (κ1) is 21.9. The Morgan fingerprint density at radius 2 is 1.83 bits per heavy atom. The molecule has 0 aromatic rings. The Labute approximate surface area is 142 Å². The fourth-order valence-electron chi connectivity index (χ4n) is 2.69. The van der Waals surface area contributed by atoms with E-state index in [-0.39, 0.29) is 12.5 Å². The minimum atomic E-state index is -0.709. The number of rotatable bonds is 10. The molecule has 23 heavy (non-hydrogen) atoms. The van der Waals surface area contributed by atoms with E-state index in [1.54, 1.807) is 0 Å². The van der Waals surface area contributed by atoms with Gasteiger partial charge < -0.3 is 10.2 Å². The van der Waals surface area contributed by atoms with Crippen LogP contribution in [0.5, 0.6) is 0 Å². The molecule has 1 aliphatic carbocycles. The van der Waals surface area contributed by atoms with E-state index in [0.717, 1.165) is 19.3 Å². The van der Waals surface area contributed by atoms with Crippen LogP contribution in [0.25, 0.3) is 0 Å². The van der Waals surface area contributed by atoms with Gasteiger partial charge in [-0.3, -0.25) is 4.79 Å². The summed E-state index contributed by atoms with van der Waals surface area (Å²) in [7, 11) is 0. The van der Waals surface area contributed by atoms with Gasteiger partial charge in [-0.05, 0) is 45.4 Å². The Balaban J connectivity index is 0.000000468. The van der Waals surface area contributed by atoms with Crippen LogP contribution < -0.4 is 0 Å². The molecule has 2 atom stereocenters. The lowest BCUT2D eigenvalue weighted by molar-refractivity contribution is -0.137. The molecular weight excluding hydrogens is 288 g/mol. The minimum Gasteiger partial charge on any atom is -0.481 e. The van der Waals surface area contributed by atoms with Crippen LogP contribution in [0.15, 0.2) is 24.3 Å². The summed E-state index contributed by atoms with van der Waals surface area (Å²) in [6.07, 6.45) is 20.2. The van der Waals surface area contributed by atoms with Crippen molar-refractivity contribution in [1.29, 1.82) is 0 Å². The molecule has 2 N–H and O–H groups in total. The SMILES string of the molecule is C/C=C\CCCC(=O)O.CCCCCC/C=C/C1CCCC1O. The molecule has 1 saturated carbocycles. The third kappa shape index (κ3) is 14.2. The standard InChI is InChI=1S/C13H24O.C7H12O2/c1-2-3-4-5-6-7-9-12-10-8-11-13(12)14;1-2-3-4-5-6-7(8)9/h7,9,12-14H,2-6,8,10-11H2,1H3;2-3H,4-6H2,1H3,(H,8,9)/b9-7+;3-2-. The molecule has 0 saturated heterocycles. The van der Waals surface area contributed by atoms with Crippen LogP contribution in [0, 0.1) is 5.92 Å². The number of hydrogen-bond acceptors (Lipinski definition) is 2. The largest absolute Gasteiger partial charge is 0.481 e. The van der Waals surface area contributed by atoms with Gasteiger partial charge in [0.15, 0.2) is 0 Å². The second-order valence-electron chi connectivity index (χ2n) is 6.29. The number of hydrogen-bond donors (Lipinski definition) is 2. The predicted molar refractivity (Wildman–Crippen MR) is 97.5 cm³/mol. The number of aliphatic hydroxyl groups is 1. The molecule has 0 heterocycles. The molecule has 3 heteroatoms. The van der Waals surface area contributed by atoms with Crippen LogP contribution in [-0.2, 0) is 4.79 Å². The summed E-state index contributed by atoms with van der Waals surface area (Å²) in [5.74, 6) is -0.249. The van der Waals surface area contributed by atoms with Gasteiger partial charge in [-0.2, -0.15) is 0 Å². The minimum absolute atomic E-state index is 0.0538. The van der Waals surface area contributed by atoms with Gasteiger partial charge in [-0.25, -0.2) is 0 Å². The third-order valence-electron chi connectivity index (χ3n) is 4.14. The van der Waals surface area contributed by atoms with Crippen molar-refractivity contribution in [3.05, 3.63) is 24.3 Å². The average Bonchev–Trinajstić information content (AvgIpc) is 2.93. The first-order chi connectivity index (χ1) is 11.1. The summed E-state index contributed by atoms with van der Waals surface area (Å²) >= 11 is 0. The molecule has 0 aliphatic heterocycles. The maximum absolute atomic E-state index is 9.94. The fourth-order valence-corrected chi connectivity index (χ4v) is 2.69. The number of carbonyl (C=O) groups is 1. The quantitative estimate of drug-likeness (QED) is 0.412. The van der Waals surface area contributed by atoms with Gasteiger partial charge in [0.1, 0.15) is 0 Å². The lowest BCUT2D eigenvalue weighted by Gasteiger charge is -2.07. The molecule has 2 unspecified atom stereocenters. The maximum atomic E-state index is 9.94. The molecule has 0 bridgehead atoms. The van der Waals surface area contributed by atoms with Gasteiger partial charge in [-0.1, -0.05) is 56.9 Å². The predicted octanol–water partition coefficient (Wildman–Crippen LogP) is 5.49. The number of unbranched alkanes of at least 4 members (excludes halogenated alkanes) is 5. The summed E-state index contributed by atoms with van der Waals surface area (Å²) in [6.45, 7) is 4.17. The molecule has 1 rings (SSSR count). The number of allylic oxidation sites excluding steroid dienone is 3. The zero-order valence-electron chi connectivity index (χ0n) is 15.0. The van der Waals surface area contributed by atoms with E-state index in [0.29, 0.717) is 5.92 Å². The van der Waals surface area contributed by atoms with Crippen molar-refractivity contribution in [3.8, 4) is 0 Å². The van der Waals surface area contributed by atoms with E-state index in [1.807, 2.05) is 19.1 Å². The van der Waals surface area contributed by atoms with E-state index in [4.69, 9.17) is 5.11 Å². The monoisotopic (exact) mass is 324 g/mol. The normalized spacial score (nSPS) is 20.8. The van der Waals surface area contributed by atoms with Crippen LogP contribution in [0.1, 0.15) is 84.5 Å². The Bertz CT molecular complexity index is 334. The Kier molecular flexibility index (Phi) is 15.0.